The highest BCUT2D eigenvalue weighted by Crippen LogP contribution is 2.21. The van der Waals surface area contributed by atoms with Crippen LogP contribution in [0, 0.1) is 20.8 Å². The highest BCUT2D eigenvalue weighted by molar-refractivity contribution is 5.79. The van der Waals surface area contributed by atoms with Crippen molar-refractivity contribution in [2.45, 2.75) is 46.3 Å². The van der Waals surface area contributed by atoms with Gasteiger partial charge < -0.3 is 14.6 Å². The Labute approximate surface area is 200 Å². The Morgan fingerprint density at radius 2 is 1.62 bits per heavy atom. The molecule has 0 aliphatic carbocycles. The monoisotopic (exact) mass is 454 g/mol. The molecule has 0 saturated carbocycles. The molecular formula is C29H30N2O3. The van der Waals surface area contributed by atoms with Crippen molar-refractivity contribution in [3.05, 3.63) is 118 Å². The Kier molecular flexibility index (Phi) is 7.43. The van der Waals surface area contributed by atoms with Gasteiger partial charge in [0, 0.05) is 0 Å². The fourth-order valence-corrected chi connectivity index (χ4v) is 3.90. The van der Waals surface area contributed by atoms with E-state index in [-0.39, 0.29) is 11.9 Å². The number of rotatable bonds is 9. The summed E-state index contributed by atoms with van der Waals surface area (Å²) in [7, 11) is 0. The Morgan fingerprint density at radius 1 is 0.912 bits per heavy atom. The number of amides is 1. The summed E-state index contributed by atoms with van der Waals surface area (Å²) in [6.07, 6.45) is 1.05. The van der Waals surface area contributed by atoms with E-state index in [0.29, 0.717) is 13.0 Å². The van der Waals surface area contributed by atoms with Crippen LogP contribution in [0.3, 0.4) is 0 Å². The summed E-state index contributed by atoms with van der Waals surface area (Å²) in [6, 6.07) is 26.1. The number of nitrogens with zero attached hydrogens (tertiary/aromatic N) is 1. The largest absolute Gasteiger partial charge is 0.489 e. The van der Waals surface area contributed by atoms with E-state index in [4.69, 9.17) is 9.26 Å². The van der Waals surface area contributed by atoms with Gasteiger partial charge in [0.15, 0.2) is 0 Å². The Balaban J connectivity index is 1.38. The normalized spacial score (nSPS) is 11.7. The summed E-state index contributed by atoms with van der Waals surface area (Å²) in [5.74, 6) is 1.50. The van der Waals surface area contributed by atoms with E-state index in [9.17, 15) is 4.79 Å². The molecule has 0 saturated heterocycles. The molecule has 1 heterocycles. The molecule has 1 amide bonds. The van der Waals surface area contributed by atoms with Crippen LogP contribution in [-0.4, -0.2) is 11.1 Å². The number of aromatic nitrogens is 1. The summed E-state index contributed by atoms with van der Waals surface area (Å²) >= 11 is 0. The minimum atomic E-state index is -0.0897. The van der Waals surface area contributed by atoms with Crippen LogP contribution in [0.25, 0.3) is 0 Å². The van der Waals surface area contributed by atoms with Gasteiger partial charge in [0.25, 0.3) is 0 Å². The van der Waals surface area contributed by atoms with Crippen LogP contribution in [0.1, 0.15) is 45.3 Å². The van der Waals surface area contributed by atoms with Gasteiger partial charge in [-0.2, -0.15) is 0 Å². The fraction of sp³-hybridized carbons (Fsp3) is 0.241. The molecular weight excluding hydrogens is 424 g/mol. The van der Waals surface area contributed by atoms with E-state index in [2.05, 4.69) is 53.8 Å². The van der Waals surface area contributed by atoms with Gasteiger partial charge in [0.2, 0.25) is 5.91 Å². The lowest BCUT2D eigenvalue weighted by Crippen LogP contribution is -2.31. The minimum absolute atomic E-state index is 0.00843. The smallest absolute Gasteiger partial charge is 0.224 e. The van der Waals surface area contributed by atoms with Crippen molar-refractivity contribution in [3.8, 4) is 5.75 Å². The molecule has 1 atom stereocenters. The highest BCUT2D eigenvalue weighted by Gasteiger charge is 2.16. The number of ether oxygens (including phenoxy) is 1. The van der Waals surface area contributed by atoms with Gasteiger partial charge in [-0.05, 0) is 56.0 Å². The van der Waals surface area contributed by atoms with E-state index in [1.165, 1.54) is 11.1 Å². The lowest BCUT2D eigenvalue weighted by molar-refractivity contribution is -0.121. The van der Waals surface area contributed by atoms with Crippen molar-refractivity contribution >= 4 is 5.91 Å². The molecule has 0 aliphatic heterocycles. The molecule has 1 N–H and O–H groups in total. The van der Waals surface area contributed by atoms with Crippen LogP contribution in [-0.2, 0) is 24.2 Å². The molecule has 4 aromatic rings. The van der Waals surface area contributed by atoms with Gasteiger partial charge in [-0.3, -0.25) is 4.79 Å². The molecule has 0 bridgehead atoms. The average molecular weight is 455 g/mol. The first-order chi connectivity index (χ1) is 16.5. The number of aryl methyl sites for hydroxylation is 3. The van der Waals surface area contributed by atoms with Gasteiger partial charge in [0.1, 0.15) is 18.1 Å². The molecule has 0 fully saturated rings. The van der Waals surface area contributed by atoms with E-state index in [0.717, 1.165) is 40.3 Å². The third-order valence-corrected chi connectivity index (χ3v) is 5.95. The number of benzene rings is 3. The zero-order valence-corrected chi connectivity index (χ0v) is 19.9. The zero-order valence-electron chi connectivity index (χ0n) is 19.9. The molecule has 174 valence electrons. The van der Waals surface area contributed by atoms with Crippen LogP contribution < -0.4 is 10.1 Å². The molecule has 1 aromatic heterocycles. The van der Waals surface area contributed by atoms with Crippen LogP contribution in [0.4, 0.5) is 0 Å². The standard InChI is InChI=1S/C29H30N2O3/c1-20-9-13-25(14-10-20)28(17-23-7-5-4-6-8-23)30-29(32)18-24-11-15-26(16-12-24)33-19-27-21(2)31-34-22(27)3/h4-16,28H,17-19H2,1-3H3,(H,30,32). The molecule has 5 nitrogen and oxygen atoms in total. The van der Waals surface area contributed by atoms with Crippen molar-refractivity contribution in [1.82, 2.24) is 10.5 Å². The van der Waals surface area contributed by atoms with Crippen LogP contribution in [0.5, 0.6) is 5.75 Å². The molecule has 0 aliphatic rings. The number of carbonyl (C=O) groups excluding carboxylic acids is 1. The van der Waals surface area contributed by atoms with E-state index >= 15 is 0 Å². The summed E-state index contributed by atoms with van der Waals surface area (Å²) in [5, 5.41) is 7.18. The zero-order chi connectivity index (χ0) is 23.9. The Hall–Kier alpha value is -3.86. The predicted octanol–water partition coefficient (Wildman–Crippen LogP) is 5.82. The first kappa shape index (κ1) is 23.3. The molecule has 4 rings (SSSR count). The van der Waals surface area contributed by atoms with Gasteiger partial charge >= 0.3 is 0 Å². The third-order valence-electron chi connectivity index (χ3n) is 5.95. The van der Waals surface area contributed by atoms with Crippen LogP contribution >= 0.6 is 0 Å². The van der Waals surface area contributed by atoms with Crippen molar-refractivity contribution in [3.63, 3.8) is 0 Å². The van der Waals surface area contributed by atoms with E-state index < -0.39 is 0 Å². The topological polar surface area (TPSA) is 64.4 Å². The molecule has 34 heavy (non-hydrogen) atoms. The highest BCUT2D eigenvalue weighted by atomic mass is 16.5. The van der Waals surface area contributed by atoms with Gasteiger partial charge in [0.05, 0.1) is 23.7 Å². The van der Waals surface area contributed by atoms with Crippen LogP contribution in [0.2, 0.25) is 0 Å². The lowest BCUT2D eigenvalue weighted by atomic mass is 9.97. The molecule has 0 radical (unpaired) electrons. The number of hydrogen-bond acceptors (Lipinski definition) is 4. The van der Waals surface area contributed by atoms with Crippen LogP contribution in [0.15, 0.2) is 83.4 Å². The molecule has 0 spiro atoms. The third kappa shape index (κ3) is 6.13. The van der Waals surface area contributed by atoms with Crippen molar-refractivity contribution in [2.75, 3.05) is 0 Å². The minimum Gasteiger partial charge on any atom is -0.489 e. The summed E-state index contributed by atoms with van der Waals surface area (Å²) in [6.45, 7) is 6.25. The molecule has 5 heteroatoms. The molecule has 1 unspecified atom stereocenters. The average Bonchev–Trinajstić information content (AvgIpc) is 3.16. The first-order valence-electron chi connectivity index (χ1n) is 11.5. The second-order valence-corrected chi connectivity index (χ2v) is 8.63. The maximum Gasteiger partial charge on any atom is 0.224 e. The number of nitrogens with one attached hydrogen (secondary N) is 1. The summed E-state index contributed by atoms with van der Waals surface area (Å²) in [4.78, 5) is 12.9. The molecule has 3 aromatic carbocycles. The fourth-order valence-electron chi connectivity index (χ4n) is 3.90. The quantitative estimate of drug-likeness (QED) is 0.346. The predicted molar refractivity (Wildman–Crippen MR) is 133 cm³/mol. The maximum atomic E-state index is 12.9. The van der Waals surface area contributed by atoms with Gasteiger partial charge in [-0.25, -0.2) is 0 Å². The van der Waals surface area contributed by atoms with E-state index in [1.807, 2.05) is 56.3 Å². The van der Waals surface area contributed by atoms with Gasteiger partial charge in [-0.1, -0.05) is 77.5 Å². The SMILES string of the molecule is Cc1ccc(C(Cc2ccccc2)NC(=O)Cc2ccc(OCc3c(C)noc3C)cc2)cc1. The van der Waals surface area contributed by atoms with Gasteiger partial charge in [-0.15, -0.1) is 0 Å². The Bertz CT molecular complexity index is 1190. The second-order valence-electron chi connectivity index (χ2n) is 8.63. The summed E-state index contributed by atoms with van der Waals surface area (Å²) in [5.41, 5.74) is 6.22. The maximum absolute atomic E-state index is 12.9. The van der Waals surface area contributed by atoms with Crippen molar-refractivity contribution in [2.24, 2.45) is 0 Å². The number of hydrogen-bond donors (Lipinski definition) is 1. The number of carbonyl (C=O) groups is 1. The van der Waals surface area contributed by atoms with Crippen molar-refractivity contribution < 1.29 is 14.1 Å². The lowest BCUT2D eigenvalue weighted by Gasteiger charge is -2.20. The second kappa shape index (κ2) is 10.8. The van der Waals surface area contributed by atoms with Crippen molar-refractivity contribution in [1.29, 1.82) is 0 Å². The van der Waals surface area contributed by atoms with E-state index in [1.54, 1.807) is 0 Å². The Morgan fingerprint density at radius 3 is 2.26 bits per heavy atom. The first-order valence-corrected chi connectivity index (χ1v) is 11.5. The summed E-state index contributed by atoms with van der Waals surface area (Å²) < 4.78 is 11.0.